The van der Waals surface area contributed by atoms with Crippen molar-refractivity contribution in [3.8, 4) is 6.07 Å². The van der Waals surface area contributed by atoms with E-state index in [1.54, 1.807) is 15.9 Å². The summed E-state index contributed by atoms with van der Waals surface area (Å²) in [6.07, 6.45) is 2.92. The molecule has 0 atom stereocenters. The zero-order valence-corrected chi connectivity index (χ0v) is 16.4. The van der Waals surface area contributed by atoms with Crippen LogP contribution in [0.15, 0.2) is 33.3 Å². The van der Waals surface area contributed by atoms with Crippen molar-refractivity contribution in [2.45, 2.75) is 25.4 Å². The molecule has 2 aromatic heterocycles. The summed E-state index contributed by atoms with van der Waals surface area (Å²) in [7, 11) is 0. The minimum Gasteiger partial charge on any atom is -0.338 e. The smallest absolute Gasteiger partial charge is 0.331 e. The second-order valence-electron chi connectivity index (χ2n) is 7.12. The highest BCUT2D eigenvalue weighted by Crippen LogP contribution is 2.33. The Morgan fingerprint density at radius 2 is 1.83 bits per heavy atom. The molecule has 1 aliphatic heterocycles. The SMILES string of the molecule is N#Cc1cn(C2CC2)c(=O)n(CC(=O)N2CCN(C(=O)c3cccs3)CC2)c1=O. The first-order chi connectivity index (χ1) is 14.0. The third-order valence-corrected chi connectivity index (χ3v) is 6.06. The molecule has 3 heterocycles. The number of rotatable bonds is 4. The minimum absolute atomic E-state index is 0.0108. The maximum absolute atomic E-state index is 12.7. The molecule has 9 nitrogen and oxygen atoms in total. The standard InChI is InChI=1S/C19H19N5O4S/c20-10-13-11-23(14-3-4-14)19(28)24(17(13)26)12-16(25)21-5-7-22(8-6-21)18(27)15-2-1-9-29-15/h1-2,9,11,14H,3-8,12H2. The van der Waals surface area contributed by atoms with Gasteiger partial charge in [0.05, 0.1) is 4.88 Å². The molecule has 0 aromatic carbocycles. The predicted molar refractivity (Wildman–Crippen MR) is 105 cm³/mol. The molecule has 150 valence electrons. The van der Waals surface area contributed by atoms with E-state index < -0.39 is 17.8 Å². The molecule has 29 heavy (non-hydrogen) atoms. The van der Waals surface area contributed by atoms with Crippen LogP contribution in [0, 0.1) is 11.3 Å². The number of piperazine rings is 1. The lowest BCUT2D eigenvalue weighted by molar-refractivity contribution is -0.133. The molecule has 0 N–H and O–H groups in total. The van der Waals surface area contributed by atoms with Gasteiger partial charge in [0.25, 0.3) is 11.5 Å². The van der Waals surface area contributed by atoms with Gasteiger partial charge in [-0.3, -0.25) is 19.0 Å². The second kappa shape index (κ2) is 7.67. The summed E-state index contributed by atoms with van der Waals surface area (Å²) in [4.78, 5) is 54.0. The Bertz CT molecular complexity index is 1100. The summed E-state index contributed by atoms with van der Waals surface area (Å²) in [5, 5.41) is 11.0. The van der Waals surface area contributed by atoms with E-state index in [-0.39, 0.29) is 23.4 Å². The van der Waals surface area contributed by atoms with Gasteiger partial charge in [0, 0.05) is 38.4 Å². The van der Waals surface area contributed by atoms with Gasteiger partial charge in [-0.25, -0.2) is 9.36 Å². The van der Waals surface area contributed by atoms with Crippen molar-refractivity contribution in [1.82, 2.24) is 18.9 Å². The quantitative estimate of drug-likeness (QED) is 0.715. The van der Waals surface area contributed by atoms with Crippen molar-refractivity contribution < 1.29 is 9.59 Å². The molecule has 2 amide bonds. The largest absolute Gasteiger partial charge is 0.338 e. The van der Waals surface area contributed by atoms with Crippen LogP contribution >= 0.6 is 11.3 Å². The molecule has 2 aliphatic rings. The lowest BCUT2D eigenvalue weighted by Gasteiger charge is -2.34. The molecule has 0 unspecified atom stereocenters. The number of carbonyl (C=O) groups excluding carboxylic acids is 2. The average Bonchev–Trinajstić information content (AvgIpc) is 3.43. The Hall–Kier alpha value is -3.19. The molecule has 1 saturated heterocycles. The van der Waals surface area contributed by atoms with E-state index in [4.69, 9.17) is 0 Å². The lowest BCUT2D eigenvalue weighted by Crippen LogP contribution is -2.52. The average molecular weight is 413 g/mol. The third kappa shape index (κ3) is 3.73. The predicted octanol–water partition coefficient (Wildman–Crippen LogP) is 0.263. The highest BCUT2D eigenvalue weighted by molar-refractivity contribution is 7.12. The van der Waals surface area contributed by atoms with Crippen molar-refractivity contribution in [2.24, 2.45) is 0 Å². The maximum atomic E-state index is 12.7. The van der Waals surface area contributed by atoms with Gasteiger partial charge in [-0.1, -0.05) is 6.07 Å². The van der Waals surface area contributed by atoms with Crippen molar-refractivity contribution in [2.75, 3.05) is 26.2 Å². The highest BCUT2D eigenvalue weighted by atomic mass is 32.1. The fourth-order valence-corrected chi connectivity index (χ4v) is 4.09. The number of nitriles is 1. The number of hydrogen-bond acceptors (Lipinski definition) is 6. The van der Waals surface area contributed by atoms with Crippen LogP contribution in [0.3, 0.4) is 0 Å². The molecule has 2 aromatic rings. The van der Waals surface area contributed by atoms with Crippen molar-refractivity contribution >= 4 is 23.2 Å². The maximum Gasteiger partial charge on any atom is 0.331 e. The van der Waals surface area contributed by atoms with Crippen LogP contribution in [0.4, 0.5) is 0 Å². The fraction of sp³-hybridized carbons (Fsp3) is 0.421. The second-order valence-corrected chi connectivity index (χ2v) is 8.06. The van der Waals surface area contributed by atoms with Gasteiger partial charge in [0.1, 0.15) is 18.2 Å². The minimum atomic E-state index is -0.741. The van der Waals surface area contributed by atoms with Crippen LogP contribution in [0.5, 0.6) is 0 Å². The van der Waals surface area contributed by atoms with Crippen LogP contribution in [0.25, 0.3) is 0 Å². The summed E-state index contributed by atoms with van der Waals surface area (Å²) in [5.74, 6) is -0.429. The Morgan fingerprint density at radius 1 is 1.14 bits per heavy atom. The van der Waals surface area contributed by atoms with E-state index in [0.717, 1.165) is 17.4 Å². The number of nitrogens with zero attached hydrogens (tertiary/aromatic N) is 5. The molecule has 2 fully saturated rings. The number of aromatic nitrogens is 2. The molecule has 4 rings (SSSR count). The molecule has 0 spiro atoms. The summed E-state index contributed by atoms with van der Waals surface area (Å²) in [5.41, 5.74) is -1.44. The first kappa shape index (κ1) is 19.1. The molecule has 1 aliphatic carbocycles. The molecule has 0 bridgehead atoms. The molecule has 1 saturated carbocycles. The third-order valence-electron chi connectivity index (χ3n) is 5.20. The zero-order valence-electron chi connectivity index (χ0n) is 15.6. The monoisotopic (exact) mass is 413 g/mol. The van der Waals surface area contributed by atoms with Crippen LogP contribution in [-0.2, 0) is 11.3 Å². The Labute approximate surface area is 170 Å². The van der Waals surface area contributed by atoms with Gasteiger partial charge in [-0.05, 0) is 24.3 Å². The van der Waals surface area contributed by atoms with Crippen molar-refractivity contribution in [1.29, 1.82) is 5.26 Å². The Kier molecular flexibility index (Phi) is 5.07. The number of amides is 2. The van der Waals surface area contributed by atoms with Gasteiger partial charge >= 0.3 is 5.69 Å². The summed E-state index contributed by atoms with van der Waals surface area (Å²) in [6, 6.07) is 5.38. The number of carbonyl (C=O) groups is 2. The normalized spacial score (nSPS) is 16.5. The van der Waals surface area contributed by atoms with Crippen LogP contribution < -0.4 is 11.2 Å². The van der Waals surface area contributed by atoms with Crippen molar-refractivity contribution in [3.63, 3.8) is 0 Å². The molecule has 0 radical (unpaired) electrons. The van der Waals surface area contributed by atoms with Crippen LogP contribution in [0.1, 0.15) is 34.1 Å². The van der Waals surface area contributed by atoms with Crippen molar-refractivity contribution in [3.05, 3.63) is 55.0 Å². The summed E-state index contributed by atoms with van der Waals surface area (Å²) in [6.45, 7) is 1.04. The number of hydrogen-bond donors (Lipinski definition) is 0. The summed E-state index contributed by atoms with van der Waals surface area (Å²) >= 11 is 1.38. The van der Waals surface area contributed by atoms with Gasteiger partial charge in [0.2, 0.25) is 5.91 Å². The van der Waals surface area contributed by atoms with Gasteiger partial charge in [-0.2, -0.15) is 5.26 Å². The Morgan fingerprint density at radius 3 is 2.41 bits per heavy atom. The van der Waals surface area contributed by atoms with E-state index in [1.807, 2.05) is 17.5 Å². The first-order valence-electron chi connectivity index (χ1n) is 9.36. The topological polar surface area (TPSA) is 108 Å². The van der Waals surface area contributed by atoms with E-state index in [2.05, 4.69) is 0 Å². The molecule has 10 heteroatoms. The fourth-order valence-electron chi connectivity index (χ4n) is 3.40. The van der Waals surface area contributed by atoms with Crippen LogP contribution in [0.2, 0.25) is 0 Å². The Balaban J connectivity index is 1.46. The van der Waals surface area contributed by atoms with E-state index in [1.165, 1.54) is 22.1 Å². The number of thiophene rings is 1. The lowest BCUT2D eigenvalue weighted by atomic mass is 10.2. The van der Waals surface area contributed by atoms with E-state index >= 15 is 0 Å². The van der Waals surface area contributed by atoms with E-state index in [9.17, 15) is 24.4 Å². The van der Waals surface area contributed by atoms with Gasteiger partial charge in [0.15, 0.2) is 0 Å². The first-order valence-corrected chi connectivity index (χ1v) is 10.2. The van der Waals surface area contributed by atoms with Gasteiger partial charge < -0.3 is 9.80 Å². The summed E-state index contributed by atoms with van der Waals surface area (Å²) < 4.78 is 2.23. The van der Waals surface area contributed by atoms with E-state index in [0.29, 0.717) is 31.1 Å². The zero-order chi connectivity index (χ0) is 20.5. The van der Waals surface area contributed by atoms with Gasteiger partial charge in [-0.15, -0.1) is 11.3 Å². The van der Waals surface area contributed by atoms with Crippen LogP contribution in [-0.4, -0.2) is 56.9 Å². The molecular formula is C19H19N5O4S. The highest BCUT2D eigenvalue weighted by Gasteiger charge is 2.29. The molecular weight excluding hydrogens is 394 g/mol.